The van der Waals surface area contributed by atoms with Crippen molar-refractivity contribution >= 4 is 40.8 Å². The van der Waals surface area contributed by atoms with Crippen LogP contribution in [0.15, 0.2) is 36.4 Å². The maximum absolute atomic E-state index is 6.16. The lowest BCUT2D eigenvalue weighted by molar-refractivity contribution is 0.303. The lowest BCUT2D eigenvalue weighted by Gasteiger charge is -2.13. The quantitative estimate of drug-likeness (QED) is 0.661. The molecular formula is C15H12Cl3N5O. The third kappa shape index (κ3) is 4.29. The molecule has 0 aliphatic carbocycles. The van der Waals surface area contributed by atoms with Crippen molar-refractivity contribution in [1.82, 2.24) is 20.6 Å². The number of halogens is 3. The van der Waals surface area contributed by atoms with Crippen LogP contribution in [0.5, 0.6) is 5.75 Å². The van der Waals surface area contributed by atoms with Crippen LogP contribution in [0.4, 0.5) is 5.95 Å². The van der Waals surface area contributed by atoms with Gasteiger partial charge in [-0.15, -0.1) is 5.10 Å². The Labute approximate surface area is 153 Å². The SMILES string of the molecule is Clc1ccc(COc2ccc(Cl)cc2CNc2nn[nH]n2)c(Cl)c1. The average Bonchev–Trinajstić information content (AvgIpc) is 3.07. The first-order chi connectivity index (χ1) is 11.6. The first-order valence-corrected chi connectivity index (χ1v) is 8.07. The van der Waals surface area contributed by atoms with Crippen molar-refractivity contribution in [3.63, 3.8) is 0 Å². The highest BCUT2D eigenvalue weighted by molar-refractivity contribution is 6.35. The first-order valence-electron chi connectivity index (χ1n) is 6.94. The van der Waals surface area contributed by atoms with E-state index < -0.39 is 0 Å². The molecular weight excluding hydrogens is 373 g/mol. The molecule has 6 nitrogen and oxygen atoms in total. The van der Waals surface area contributed by atoms with Crippen molar-refractivity contribution in [3.8, 4) is 5.75 Å². The average molecular weight is 385 g/mol. The number of nitrogens with zero attached hydrogens (tertiary/aromatic N) is 3. The number of ether oxygens (including phenoxy) is 1. The molecule has 2 aromatic carbocycles. The van der Waals surface area contributed by atoms with E-state index in [1.807, 2.05) is 12.1 Å². The third-order valence-electron chi connectivity index (χ3n) is 3.20. The van der Waals surface area contributed by atoms with E-state index in [1.54, 1.807) is 24.3 Å². The normalized spacial score (nSPS) is 10.6. The van der Waals surface area contributed by atoms with Crippen molar-refractivity contribution in [2.24, 2.45) is 0 Å². The van der Waals surface area contributed by atoms with Crippen molar-refractivity contribution in [2.75, 3.05) is 5.32 Å². The Morgan fingerprint density at radius 1 is 1.00 bits per heavy atom. The number of aromatic nitrogens is 4. The fourth-order valence-corrected chi connectivity index (χ4v) is 2.69. The largest absolute Gasteiger partial charge is 0.488 e. The third-order valence-corrected chi connectivity index (χ3v) is 4.03. The summed E-state index contributed by atoms with van der Waals surface area (Å²) in [5, 5.41) is 18.3. The Hall–Kier alpha value is -2.02. The van der Waals surface area contributed by atoms with Crippen LogP contribution >= 0.6 is 34.8 Å². The molecule has 0 amide bonds. The molecule has 1 aromatic heterocycles. The van der Waals surface area contributed by atoms with Gasteiger partial charge < -0.3 is 10.1 Å². The van der Waals surface area contributed by atoms with Gasteiger partial charge in [-0.2, -0.15) is 5.21 Å². The predicted molar refractivity (Wildman–Crippen MR) is 93.8 cm³/mol. The zero-order valence-corrected chi connectivity index (χ0v) is 14.5. The summed E-state index contributed by atoms with van der Waals surface area (Å²) in [6, 6.07) is 10.7. The molecule has 0 bridgehead atoms. The summed E-state index contributed by atoms with van der Waals surface area (Å²) in [6.45, 7) is 0.747. The molecule has 0 unspecified atom stereocenters. The van der Waals surface area contributed by atoms with Gasteiger partial charge in [-0.05, 0) is 35.5 Å². The predicted octanol–water partition coefficient (Wildman–Crippen LogP) is 4.35. The molecule has 24 heavy (non-hydrogen) atoms. The number of benzene rings is 2. The standard InChI is InChI=1S/C15H12Cl3N5O/c16-11-3-4-14(10(5-11)7-19-15-20-22-23-21-15)24-8-9-1-2-12(17)6-13(9)18/h1-6H,7-8H2,(H2,19,20,21,22,23). The summed E-state index contributed by atoms with van der Waals surface area (Å²) in [5.41, 5.74) is 1.70. The molecule has 2 N–H and O–H groups in total. The Kier molecular flexibility index (Phi) is 5.40. The van der Waals surface area contributed by atoms with Crippen LogP contribution in [0, 0.1) is 0 Å². The van der Waals surface area contributed by atoms with Gasteiger partial charge in [0, 0.05) is 32.7 Å². The molecule has 0 saturated carbocycles. The molecule has 9 heteroatoms. The van der Waals surface area contributed by atoms with Crippen molar-refractivity contribution < 1.29 is 4.74 Å². The minimum atomic E-state index is 0.312. The van der Waals surface area contributed by atoms with Crippen molar-refractivity contribution in [1.29, 1.82) is 0 Å². The molecule has 0 fully saturated rings. The molecule has 0 radical (unpaired) electrons. The smallest absolute Gasteiger partial charge is 0.263 e. The molecule has 0 spiro atoms. The van der Waals surface area contributed by atoms with Gasteiger partial charge in [0.05, 0.1) is 0 Å². The zero-order valence-electron chi connectivity index (χ0n) is 12.3. The highest BCUT2D eigenvalue weighted by Gasteiger charge is 2.08. The second-order valence-electron chi connectivity index (χ2n) is 4.87. The van der Waals surface area contributed by atoms with Crippen molar-refractivity contribution in [2.45, 2.75) is 13.2 Å². The van der Waals surface area contributed by atoms with E-state index in [9.17, 15) is 0 Å². The number of aromatic amines is 1. The first kappa shape index (κ1) is 16.8. The maximum atomic E-state index is 6.16. The van der Waals surface area contributed by atoms with Gasteiger partial charge in [0.15, 0.2) is 0 Å². The number of H-pyrrole nitrogens is 1. The second kappa shape index (κ2) is 7.70. The van der Waals surface area contributed by atoms with Gasteiger partial charge in [-0.3, -0.25) is 0 Å². The van der Waals surface area contributed by atoms with Gasteiger partial charge in [-0.1, -0.05) is 46.0 Å². The van der Waals surface area contributed by atoms with Crippen LogP contribution in [0.3, 0.4) is 0 Å². The zero-order chi connectivity index (χ0) is 16.9. The summed E-state index contributed by atoms with van der Waals surface area (Å²) >= 11 is 18.1. The molecule has 0 saturated heterocycles. The second-order valence-corrected chi connectivity index (χ2v) is 6.15. The van der Waals surface area contributed by atoms with E-state index in [-0.39, 0.29) is 0 Å². The van der Waals surface area contributed by atoms with Gasteiger partial charge in [0.2, 0.25) is 0 Å². The lowest BCUT2D eigenvalue weighted by atomic mass is 10.2. The van der Waals surface area contributed by atoms with E-state index in [4.69, 9.17) is 39.5 Å². The Balaban J connectivity index is 1.72. The van der Waals surface area contributed by atoms with Gasteiger partial charge >= 0.3 is 0 Å². The van der Waals surface area contributed by atoms with Crippen LogP contribution in [-0.2, 0) is 13.2 Å². The molecule has 3 rings (SSSR count). The Bertz CT molecular complexity index is 826. The fraction of sp³-hybridized carbons (Fsp3) is 0.133. The topological polar surface area (TPSA) is 75.7 Å². The number of rotatable bonds is 6. The monoisotopic (exact) mass is 383 g/mol. The Morgan fingerprint density at radius 3 is 2.54 bits per heavy atom. The number of tetrazole rings is 1. The van der Waals surface area contributed by atoms with E-state index in [0.29, 0.717) is 39.9 Å². The molecule has 3 aromatic rings. The number of hydrogen-bond donors (Lipinski definition) is 2. The summed E-state index contributed by atoms with van der Waals surface area (Å²) in [4.78, 5) is 0. The molecule has 0 atom stereocenters. The highest BCUT2D eigenvalue weighted by Crippen LogP contribution is 2.26. The molecule has 0 aliphatic heterocycles. The minimum absolute atomic E-state index is 0.312. The van der Waals surface area contributed by atoms with Crippen LogP contribution < -0.4 is 10.1 Å². The van der Waals surface area contributed by atoms with Crippen molar-refractivity contribution in [3.05, 3.63) is 62.6 Å². The van der Waals surface area contributed by atoms with E-state index in [1.165, 1.54) is 0 Å². The van der Waals surface area contributed by atoms with Crippen LogP contribution in [0.1, 0.15) is 11.1 Å². The minimum Gasteiger partial charge on any atom is -0.488 e. The molecule has 0 aliphatic rings. The summed E-state index contributed by atoms with van der Waals surface area (Å²) in [7, 11) is 0. The Morgan fingerprint density at radius 2 is 1.79 bits per heavy atom. The van der Waals surface area contributed by atoms with E-state index >= 15 is 0 Å². The number of nitrogens with one attached hydrogen (secondary N) is 2. The van der Waals surface area contributed by atoms with E-state index in [2.05, 4.69) is 25.9 Å². The summed E-state index contributed by atoms with van der Waals surface area (Å²) < 4.78 is 5.88. The maximum Gasteiger partial charge on any atom is 0.263 e. The number of hydrogen-bond acceptors (Lipinski definition) is 5. The molecule has 1 heterocycles. The van der Waals surface area contributed by atoms with E-state index in [0.717, 1.165) is 11.1 Å². The molecule has 124 valence electrons. The van der Waals surface area contributed by atoms with Gasteiger partial charge in [0.1, 0.15) is 12.4 Å². The fourth-order valence-electron chi connectivity index (χ4n) is 2.03. The number of anilines is 1. The van der Waals surface area contributed by atoms with Gasteiger partial charge in [0.25, 0.3) is 5.95 Å². The summed E-state index contributed by atoms with van der Waals surface area (Å²) in [6.07, 6.45) is 0. The van der Waals surface area contributed by atoms with Crippen LogP contribution in [-0.4, -0.2) is 20.6 Å². The van der Waals surface area contributed by atoms with Crippen LogP contribution in [0.25, 0.3) is 0 Å². The lowest BCUT2D eigenvalue weighted by Crippen LogP contribution is -2.05. The highest BCUT2D eigenvalue weighted by atomic mass is 35.5. The van der Waals surface area contributed by atoms with Gasteiger partial charge in [-0.25, -0.2) is 0 Å². The van der Waals surface area contributed by atoms with Crippen LogP contribution in [0.2, 0.25) is 15.1 Å². The summed E-state index contributed by atoms with van der Waals surface area (Å²) in [5.74, 6) is 1.07.